The lowest BCUT2D eigenvalue weighted by Crippen LogP contribution is -2.24. The van der Waals surface area contributed by atoms with Gasteiger partial charge in [-0.25, -0.2) is 5.43 Å². The van der Waals surface area contributed by atoms with E-state index in [1.807, 2.05) is 45.0 Å². The summed E-state index contributed by atoms with van der Waals surface area (Å²) >= 11 is 0. The number of nitrogens with one attached hydrogen (secondary N) is 1. The van der Waals surface area contributed by atoms with E-state index in [9.17, 15) is 14.9 Å². The molecule has 0 fully saturated rings. The number of nitro groups is 1. The molecule has 1 amide bonds. The van der Waals surface area contributed by atoms with Gasteiger partial charge in [0.15, 0.2) is 12.4 Å². The Morgan fingerprint density at radius 2 is 1.93 bits per heavy atom. The molecule has 0 aliphatic heterocycles. The van der Waals surface area contributed by atoms with Crippen LogP contribution in [0.1, 0.15) is 22.5 Å². The predicted molar refractivity (Wildman–Crippen MR) is 114 cm³/mol. The van der Waals surface area contributed by atoms with Crippen molar-refractivity contribution in [1.82, 2.24) is 9.99 Å². The number of aryl methyl sites for hydroxylation is 2. The molecule has 0 unspecified atom stereocenters. The van der Waals surface area contributed by atoms with Gasteiger partial charge in [0.05, 0.1) is 11.1 Å². The highest BCUT2D eigenvalue weighted by atomic mass is 16.6. The minimum Gasteiger partial charge on any atom is -0.477 e. The number of carbonyl (C=O) groups excluding carboxylic acids is 1. The summed E-state index contributed by atoms with van der Waals surface area (Å²) in [5, 5.41) is 15.0. The molecule has 3 aromatic rings. The van der Waals surface area contributed by atoms with Crippen LogP contribution in [0.4, 0.5) is 5.69 Å². The zero-order valence-corrected chi connectivity index (χ0v) is 17.0. The third kappa shape index (κ3) is 4.72. The van der Waals surface area contributed by atoms with Crippen LogP contribution in [-0.4, -0.2) is 28.2 Å². The van der Waals surface area contributed by atoms with Crippen molar-refractivity contribution < 1.29 is 14.5 Å². The number of para-hydroxylation sites is 2. The molecule has 8 heteroatoms. The molecule has 0 aliphatic carbocycles. The number of hydrogen-bond acceptors (Lipinski definition) is 5. The first-order valence-corrected chi connectivity index (χ1v) is 9.31. The van der Waals surface area contributed by atoms with Gasteiger partial charge in [-0.05, 0) is 50.6 Å². The summed E-state index contributed by atoms with van der Waals surface area (Å²) in [5.74, 6) is -0.486. The Kier molecular flexibility index (Phi) is 6.26. The second kappa shape index (κ2) is 9.04. The van der Waals surface area contributed by atoms with Gasteiger partial charge in [-0.2, -0.15) is 5.10 Å². The number of carbonyl (C=O) groups is 1. The number of ether oxygens (including phenoxy) is 1. The summed E-state index contributed by atoms with van der Waals surface area (Å²) in [6.07, 6.45) is 1.57. The van der Waals surface area contributed by atoms with Crippen molar-refractivity contribution in [2.24, 2.45) is 5.10 Å². The van der Waals surface area contributed by atoms with Crippen LogP contribution in [0.15, 0.2) is 59.7 Å². The summed E-state index contributed by atoms with van der Waals surface area (Å²) in [5.41, 5.74) is 7.32. The third-order valence-electron chi connectivity index (χ3n) is 4.54. The highest BCUT2D eigenvalue weighted by Crippen LogP contribution is 2.25. The maximum absolute atomic E-state index is 12.0. The van der Waals surface area contributed by atoms with Crippen LogP contribution < -0.4 is 10.2 Å². The molecule has 0 aliphatic rings. The van der Waals surface area contributed by atoms with Gasteiger partial charge >= 0.3 is 5.69 Å². The summed E-state index contributed by atoms with van der Waals surface area (Å²) in [7, 11) is 0. The van der Waals surface area contributed by atoms with Crippen LogP contribution in [-0.2, 0) is 4.79 Å². The fourth-order valence-corrected chi connectivity index (χ4v) is 3.16. The summed E-state index contributed by atoms with van der Waals surface area (Å²) in [6.45, 7) is 5.65. The Labute approximate surface area is 173 Å². The Bertz CT molecular complexity index is 1120. The molecule has 3 rings (SSSR count). The molecular weight excluding hydrogens is 384 g/mol. The van der Waals surface area contributed by atoms with E-state index < -0.39 is 10.8 Å². The van der Waals surface area contributed by atoms with Crippen LogP contribution in [0.3, 0.4) is 0 Å². The van der Waals surface area contributed by atoms with E-state index in [2.05, 4.69) is 21.2 Å². The van der Waals surface area contributed by atoms with Crippen LogP contribution in [0.5, 0.6) is 5.75 Å². The van der Waals surface area contributed by atoms with Crippen LogP contribution >= 0.6 is 0 Å². The summed E-state index contributed by atoms with van der Waals surface area (Å²) in [6, 6.07) is 16.1. The molecule has 0 spiro atoms. The van der Waals surface area contributed by atoms with Gasteiger partial charge in [-0.3, -0.25) is 14.9 Å². The summed E-state index contributed by atoms with van der Waals surface area (Å²) in [4.78, 5) is 22.4. The minimum absolute atomic E-state index is 0.0309. The van der Waals surface area contributed by atoms with Gasteiger partial charge < -0.3 is 9.30 Å². The SMILES string of the molecule is Cc1cccc(-n2c(C)cc(/C=N/NC(=O)COc3ccccc3[N+](=O)[O-])c2C)c1. The van der Waals surface area contributed by atoms with Crippen molar-refractivity contribution in [2.45, 2.75) is 20.8 Å². The average Bonchev–Trinajstić information content (AvgIpc) is 2.99. The van der Waals surface area contributed by atoms with Crippen molar-refractivity contribution in [3.63, 3.8) is 0 Å². The molecule has 0 radical (unpaired) electrons. The van der Waals surface area contributed by atoms with Crippen LogP contribution in [0.25, 0.3) is 5.69 Å². The van der Waals surface area contributed by atoms with Crippen molar-refractivity contribution in [3.05, 3.63) is 87.2 Å². The van der Waals surface area contributed by atoms with Gasteiger partial charge in [0.1, 0.15) is 0 Å². The molecule has 30 heavy (non-hydrogen) atoms. The lowest BCUT2D eigenvalue weighted by atomic mass is 10.2. The van der Waals surface area contributed by atoms with Gasteiger partial charge in [0, 0.05) is 28.7 Å². The maximum atomic E-state index is 12.0. The van der Waals surface area contributed by atoms with Crippen molar-refractivity contribution in [1.29, 1.82) is 0 Å². The van der Waals surface area contributed by atoms with E-state index in [-0.39, 0.29) is 18.0 Å². The van der Waals surface area contributed by atoms with E-state index in [1.165, 1.54) is 23.8 Å². The van der Waals surface area contributed by atoms with E-state index >= 15 is 0 Å². The topological polar surface area (TPSA) is 98.8 Å². The van der Waals surface area contributed by atoms with E-state index in [1.54, 1.807) is 12.3 Å². The second-order valence-electron chi connectivity index (χ2n) is 6.81. The minimum atomic E-state index is -0.560. The quantitative estimate of drug-likeness (QED) is 0.366. The lowest BCUT2D eigenvalue weighted by Gasteiger charge is -2.10. The van der Waals surface area contributed by atoms with Crippen molar-refractivity contribution >= 4 is 17.8 Å². The largest absolute Gasteiger partial charge is 0.477 e. The number of nitro benzene ring substituents is 1. The molecule has 0 atom stereocenters. The molecule has 0 bridgehead atoms. The number of aromatic nitrogens is 1. The first-order valence-electron chi connectivity index (χ1n) is 9.31. The smallest absolute Gasteiger partial charge is 0.310 e. The standard InChI is InChI=1S/C22H22N4O4/c1-15-7-6-8-19(11-15)25-16(2)12-18(17(25)3)13-23-24-22(27)14-30-21-10-5-4-9-20(21)26(28)29/h4-13H,14H2,1-3H3,(H,24,27)/b23-13+. The number of benzene rings is 2. The van der Waals surface area contributed by atoms with Crippen molar-refractivity contribution in [2.75, 3.05) is 6.61 Å². The van der Waals surface area contributed by atoms with E-state index in [0.29, 0.717) is 0 Å². The maximum Gasteiger partial charge on any atom is 0.310 e. The van der Waals surface area contributed by atoms with Crippen molar-refractivity contribution in [3.8, 4) is 11.4 Å². The molecule has 0 saturated carbocycles. The Morgan fingerprint density at radius 3 is 2.67 bits per heavy atom. The predicted octanol–water partition coefficient (Wildman–Crippen LogP) is 3.84. The second-order valence-corrected chi connectivity index (χ2v) is 6.81. The highest BCUT2D eigenvalue weighted by molar-refractivity contribution is 5.84. The Morgan fingerprint density at radius 1 is 1.17 bits per heavy atom. The fourth-order valence-electron chi connectivity index (χ4n) is 3.16. The highest BCUT2D eigenvalue weighted by Gasteiger charge is 2.15. The van der Waals surface area contributed by atoms with Gasteiger partial charge in [0.2, 0.25) is 0 Å². The molecular formula is C22H22N4O4. The molecule has 2 aromatic carbocycles. The third-order valence-corrected chi connectivity index (χ3v) is 4.54. The molecule has 1 aromatic heterocycles. The summed E-state index contributed by atoms with van der Waals surface area (Å²) < 4.78 is 7.37. The molecule has 154 valence electrons. The Hall–Kier alpha value is -3.94. The average molecular weight is 406 g/mol. The van der Waals surface area contributed by atoms with Gasteiger partial charge in [-0.15, -0.1) is 0 Å². The number of amides is 1. The number of nitrogens with zero attached hydrogens (tertiary/aromatic N) is 3. The number of hydrazone groups is 1. The zero-order chi connectivity index (χ0) is 21.7. The number of rotatable bonds is 7. The number of hydrogen-bond donors (Lipinski definition) is 1. The van der Waals surface area contributed by atoms with Gasteiger partial charge in [-0.1, -0.05) is 24.3 Å². The Balaban J connectivity index is 1.64. The molecule has 8 nitrogen and oxygen atoms in total. The fraction of sp³-hybridized carbons (Fsp3) is 0.182. The monoisotopic (exact) mass is 406 g/mol. The van der Waals surface area contributed by atoms with Crippen LogP contribution in [0, 0.1) is 30.9 Å². The zero-order valence-electron chi connectivity index (χ0n) is 17.0. The molecule has 1 N–H and O–H groups in total. The van der Waals surface area contributed by atoms with Gasteiger partial charge in [0.25, 0.3) is 5.91 Å². The first-order chi connectivity index (χ1) is 14.4. The molecule has 0 saturated heterocycles. The first kappa shape index (κ1) is 20.8. The van der Waals surface area contributed by atoms with E-state index in [4.69, 9.17) is 4.74 Å². The van der Waals surface area contributed by atoms with Crippen LogP contribution in [0.2, 0.25) is 0 Å². The molecule has 1 heterocycles. The normalized spacial score (nSPS) is 10.9. The van der Waals surface area contributed by atoms with E-state index in [0.717, 1.165) is 22.6 Å². The lowest BCUT2D eigenvalue weighted by molar-refractivity contribution is -0.385.